The zero-order valence-corrected chi connectivity index (χ0v) is 13.5. The van der Waals surface area contributed by atoms with Crippen molar-refractivity contribution in [2.75, 3.05) is 30.4 Å². The molecule has 0 heterocycles. The highest BCUT2D eigenvalue weighted by Crippen LogP contribution is 2.22. The molecule has 0 atom stereocenters. The Kier molecular flexibility index (Phi) is 7.16. The van der Waals surface area contributed by atoms with Crippen LogP contribution in [0.4, 0.5) is 5.69 Å². The fourth-order valence-corrected chi connectivity index (χ4v) is 3.78. The monoisotopic (exact) mass is 368 g/mol. The lowest BCUT2D eigenvalue weighted by molar-refractivity contribution is 0.296. The molecule has 4 N–H and O–H groups in total. The smallest absolute Gasteiger partial charge is 0.240 e. The van der Waals surface area contributed by atoms with Crippen molar-refractivity contribution < 1.29 is 13.5 Å². The molecule has 1 rings (SSSR count). The maximum atomic E-state index is 12.0. The van der Waals surface area contributed by atoms with Gasteiger partial charge in [0.05, 0.1) is 4.90 Å². The number of sulfonamides is 1. The van der Waals surface area contributed by atoms with Crippen LogP contribution >= 0.6 is 27.7 Å². The lowest BCUT2D eigenvalue weighted by Gasteiger charge is -2.08. The van der Waals surface area contributed by atoms with Gasteiger partial charge in [0.15, 0.2) is 0 Å². The molecular formula is C11H17BrN2O3S2. The van der Waals surface area contributed by atoms with E-state index < -0.39 is 10.0 Å². The van der Waals surface area contributed by atoms with E-state index in [4.69, 9.17) is 10.8 Å². The Labute approximate surface area is 126 Å². The number of nitrogens with two attached hydrogens (primary N) is 1. The van der Waals surface area contributed by atoms with Gasteiger partial charge < -0.3 is 10.8 Å². The molecule has 0 aliphatic heterocycles. The molecule has 0 radical (unpaired) electrons. The van der Waals surface area contributed by atoms with Crippen LogP contribution in [-0.2, 0) is 10.0 Å². The van der Waals surface area contributed by atoms with E-state index in [-0.39, 0.29) is 11.5 Å². The molecule has 0 amide bonds. The molecule has 0 saturated heterocycles. The van der Waals surface area contributed by atoms with E-state index in [1.54, 1.807) is 17.8 Å². The van der Waals surface area contributed by atoms with Gasteiger partial charge in [-0.2, -0.15) is 11.8 Å². The Morgan fingerprint density at radius 3 is 2.74 bits per heavy atom. The largest absolute Gasteiger partial charge is 0.398 e. The number of aliphatic hydroxyl groups excluding tert-OH is 1. The minimum absolute atomic E-state index is 0.165. The quantitative estimate of drug-likeness (QED) is 0.476. The van der Waals surface area contributed by atoms with E-state index in [1.165, 1.54) is 12.1 Å². The molecule has 1 aromatic rings. The number of nitrogens with one attached hydrogen (secondary N) is 1. The summed E-state index contributed by atoms with van der Waals surface area (Å²) in [6.45, 7) is 0.526. The third-order valence-corrected chi connectivity index (χ3v) is 5.48. The SMILES string of the molecule is Nc1ccc(S(=O)(=O)NCCSCCCO)cc1Br. The van der Waals surface area contributed by atoms with Crippen molar-refractivity contribution in [3.05, 3.63) is 22.7 Å². The molecule has 0 bridgehead atoms. The van der Waals surface area contributed by atoms with Crippen LogP contribution in [0.1, 0.15) is 6.42 Å². The van der Waals surface area contributed by atoms with Gasteiger partial charge in [-0.25, -0.2) is 13.1 Å². The maximum absolute atomic E-state index is 12.0. The number of aliphatic hydroxyl groups is 1. The normalized spacial score (nSPS) is 11.7. The zero-order chi connectivity index (χ0) is 14.3. The van der Waals surface area contributed by atoms with Crippen LogP contribution in [0.3, 0.4) is 0 Å². The fourth-order valence-electron chi connectivity index (χ4n) is 1.28. The molecule has 8 heteroatoms. The average Bonchev–Trinajstić information content (AvgIpc) is 2.36. The number of thioether (sulfide) groups is 1. The van der Waals surface area contributed by atoms with Gasteiger partial charge in [-0.1, -0.05) is 0 Å². The molecule has 0 saturated carbocycles. The van der Waals surface area contributed by atoms with Crippen molar-refractivity contribution in [2.45, 2.75) is 11.3 Å². The topological polar surface area (TPSA) is 92.4 Å². The predicted octanol–water partition coefficient (Wildman–Crippen LogP) is 1.43. The van der Waals surface area contributed by atoms with Crippen LogP contribution in [-0.4, -0.2) is 38.2 Å². The molecule has 108 valence electrons. The molecule has 0 unspecified atom stereocenters. The number of nitrogen functional groups attached to an aromatic ring is 1. The molecule has 19 heavy (non-hydrogen) atoms. The van der Waals surface area contributed by atoms with Crippen LogP contribution in [0.2, 0.25) is 0 Å². The summed E-state index contributed by atoms with van der Waals surface area (Å²) >= 11 is 4.81. The van der Waals surface area contributed by atoms with E-state index in [0.29, 0.717) is 22.5 Å². The molecular weight excluding hydrogens is 352 g/mol. The second kappa shape index (κ2) is 8.11. The number of hydrogen-bond donors (Lipinski definition) is 3. The highest BCUT2D eigenvalue weighted by molar-refractivity contribution is 9.10. The number of hydrogen-bond acceptors (Lipinski definition) is 5. The maximum Gasteiger partial charge on any atom is 0.240 e. The first-order valence-electron chi connectivity index (χ1n) is 5.70. The molecule has 0 aromatic heterocycles. The highest BCUT2D eigenvalue weighted by Gasteiger charge is 2.14. The molecule has 0 spiro atoms. The minimum Gasteiger partial charge on any atom is -0.398 e. The van der Waals surface area contributed by atoms with Crippen molar-refractivity contribution in [1.29, 1.82) is 0 Å². The van der Waals surface area contributed by atoms with Gasteiger partial charge in [0.2, 0.25) is 10.0 Å². The first-order chi connectivity index (χ1) is 8.97. The first-order valence-corrected chi connectivity index (χ1v) is 9.14. The van der Waals surface area contributed by atoms with E-state index in [9.17, 15) is 8.42 Å². The summed E-state index contributed by atoms with van der Waals surface area (Å²) in [5, 5.41) is 8.61. The van der Waals surface area contributed by atoms with Gasteiger partial charge in [-0.15, -0.1) is 0 Å². The summed E-state index contributed by atoms with van der Waals surface area (Å²) in [4.78, 5) is 0.189. The second-order valence-electron chi connectivity index (χ2n) is 3.77. The van der Waals surface area contributed by atoms with Crippen molar-refractivity contribution in [1.82, 2.24) is 4.72 Å². The lowest BCUT2D eigenvalue weighted by atomic mass is 10.3. The van der Waals surface area contributed by atoms with Gasteiger partial charge in [0.1, 0.15) is 0 Å². The van der Waals surface area contributed by atoms with E-state index >= 15 is 0 Å². The summed E-state index contributed by atoms with van der Waals surface area (Å²) in [5.41, 5.74) is 6.11. The zero-order valence-electron chi connectivity index (χ0n) is 10.3. The number of benzene rings is 1. The number of anilines is 1. The Morgan fingerprint density at radius 2 is 2.11 bits per heavy atom. The standard InChI is InChI=1S/C11H17BrN2O3S2/c12-10-8-9(2-3-11(10)13)19(16,17)14-4-7-18-6-1-5-15/h2-3,8,14-15H,1,4-7,13H2. The van der Waals surface area contributed by atoms with Crippen molar-refractivity contribution in [2.24, 2.45) is 0 Å². The van der Waals surface area contributed by atoms with Gasteiger partial charge in [-0.3, -0.25) is 0 Å². The van der Waals surface area contributed by atoms with E-state index in [2.05, 4.69) is 20.7 Å². The lowest BCUT2D eigenvalue weighted by Crippen LogP contribution is -2.26. The van der Waals surface area contributed by atoms with Crippen molar-refractivity contribution in [3.8, 4) is 0 Å². The van der Waals surface area contributed by atoms with E-state index in [0.717, 1.165) is 12.2 Å². The van der Waals surface area contributed by atoms with E-state index in [1.807, 2.05) is 0 Å². The Hall–Kier alpha value is -0.280. The van der Waals surface area contributed by atoms with Crippen LogP contribution < -0.4 is 10.5 Å². The van der Waals surface area contributed by atoms with Crippen LogP contribution in [0, 0.1) is 0 Å². The molecule has 0 aliphatic rings. The Morgan fingerprint density at radius 1 is 1.37 bits per heavy atom. The van der Waals surface area contributed by atoms with Gasteiger partial charge >= 0.3 is 0 Å². The Balaban J connectivity index is 2.49. The second-order valence-corrected chi connectivity index (χ2v) is 7.62. The van der Waals surface area contributed by atoms with Gasteiger partial charge in [0.25, 0.3) is 0 Å². The summed E-state index contributed by atoms with van der Waals surface area (Å²) in [5.74, 6) is 1.50. The minimum atomic E-state index is -3.49. The number of rotatable bonds is 8. The summed E-state index contributed by atoms with van der Waals surface area (Å²) in [7, 11) is -3.49. The van der Waals surface area contributed by atoms with Crippen LogP contribution in [0.25, 0.3) is 0 Å². The summed E-state index contributed by atoms with van der Waals surface area (Å²) < 4.78 is 27.0. The summed E-state index contributed by atoms with van der Waals surface area (Å²) in [6.07, 6.45) is 0.725. The molecule has 5 nitrogen and oxygen atoms in total. The summed E-state index contributed by atoms with van der Waals surface area (Å²) in [6, 6.07) is 4.51. The van der Waals surface area contributed by atoms with Crippen molar-refractivity contribution in [3.63, 3.8) is 0 Å². The fraction of sp³-hybridized carbons (Fsp3) is 0.455. The first kappa shape index (κ1) is 16.8. The average molecular weight is 369 g/mol. The Bertz CT molecular complexity index is 509. The molecule has 0 aliphatic carbocycles. The highest BCUT2D eigenvalue weighted by atomic mass is 79.9. The molecule has 1 aromatic carbocycles. The van der Waals surface area contributed by atoms with Gasteiger partial charge in [-0.05, 0) is 46.3 Å². The van der Waals surface area contributed by atoms with Crippen LogP contribution in [0.15, 0.2) is 27.6 Å². The third-order valence-electron chi connectivity index (χ3n) is 2.27. The predicted molar refractivity (Wildman–Crippen MR) is 82.8 cm³/mol. The molecule has 0 fully saturated rings. The van der Waals surface area contributed by atoms with Gasteiger partial charge in [0, 0.05) is 29.1 Å². The van der Waals surface area contributed by atoms with Crippen molar-refractivity contribution >= 4 is 43.4 Å². The number of halogens is 1. The van der Waals surface area contributed by atoms with Crippen LogP contribution in [0.5, 0.6) is 0 Å². The third kappa shape index (κ3) is 5.70.